The summed E-state index contributed by atoms with van der Waals surface area (Å²) in [7, 11) is 0. The molecular formula is C22H20N4O3. The molecule has 0 unspecified atom stereocenters. The van der Waals surface area contributed by atoms with E-state index >= 15 is 0 Å². The first-order valence-corrected chi connectivity index (χ1v) is 9.45. The van der Waals surface area contributed by atoms with E-state index in [-0.39, 0.29) is 43.7 Å². The summed E-state index contributed by atoms with van der Waals surface area (Å²) in [6.45, 7) is 0.373. The fourth-order valence-corrected chi connectivity index (χ4v) is 3.31. The first-order valence-electron chi connectivity index (χ1n) is 9.45. The van der Waals surface area contributed by atoms with E-state index in [1.54, 1.807) is 10.9 Å². The van der Waals surface area contributed by atoms with E-state index in [9.17, 15) is 14.4 Å². The van der Waals surface area contributed by atoms with Crippen LogP contribution in [0.1, 0.15) is 23.2 Å². The number of aromatic nitrogens is 2. The summed E-state index contributed by atoms with van der Waals surface area (Å²) >= 11 is 0. The highest BCUT2D eigenvalue weighted by atomic mass is 16.2. The molecule has 0 saturated carbocycles. The minimum absolute atomic E-state index is 0.177. The van der Waals surface area contributed by atoms with Gasteiger partial charge in [0.25, 0.3) is 5.91 Å². The predicted molar refractivity (Wildman–Crippen MR) is 107 cm³/mol. The number of likely N-dealkylation sites (tertiary alicyclic amines) is 1. The van der Waals surface area contributed by atoms with Gasteiger partial charge in [0, 0.05) is 37.7 Å². The third-order valence-corrected chi connectivity index (χ3v) is 4.80. The standard InChI is InChI=1S/C22H20N4O3/c27-19-11-12-20(28)25(19)14-13-23-22(29)18-15-26(17-9-5-2-6-10-17)24-21(18)16-7-3-1-4-8-16/h1-10,15H,11-14H2,(H,23,29). The smallest absolute Gasteiger partial charge is 0.255 e. The lowest BCUT2D eigenvalue weighted by molar-refractivity contribution is -0.138. The van der Waals surface area contributed by atoms with Crippen LogP contribution >= 0.6 is 0 Å². The quantitative estimate of drug-likeness (QED) is 0.658. The zero-order valence-corrected chi connectivity index (χ0v) is 15.7. The van der Waals surface area contributed by atoms with Crippen molar-refractivity contribution in [2.75, 3.05) is 13.1 Å². The minimum Gasteiger partial charge on any atom is -0.350 e. The number of carbonyl (C=O) groups excluding carboxylic acids is 3. The number of hydrogen-bond acceptors (Lipinski definition) is 4. The van der Waals surface area contributed by atoms with Gasteiger partial charge in [-0.25, -0.2) is 4.68 Å². The van der Waals surface area contributed by atoms with Crippen molar-refractivity contribution in [3.63, 3.8) is 0 Å². The summed E-state index contributed by atoms with van der Waals surface area (Å²) in [4.78, 5) is 37.5. The molecule has 1 aliphatic rings. The summed E-state index contributed by atoms with van der Waals surface area (Å²) < 4.78 is 1.67. The summed E-state index contributed by atoms with van der Waals surface area (Å²) in [5.41, 5.74) is 2.67. The molecule has 1 aromatic heterocycles. The zero-order chi connectivity index (χ0) is 20.2. The van der Waals surface area contributed by atoms with Crippen LogP contribution in [0.5, 0.6) is 0 Å². The van der Waals surface area contributed by atoms with Crippen LogP contribution in [0.4, 0.5) is 0 Å². The largest absolute Gasteiger partial charge is 0.350 e. The second-order valence-corrected chi connectivity index (χ2v) is 6.73. The van der Waals surface area contributed by atoms with Crippen LogP contribution in [-0.2, 0) is 9.59 Å². The Morgan fingerprint density at radius 3 is 2.21 bits per heavy atom. The fraction of sp³-hybridized carbons (Fsp3) is 0.182. The predicted octanol–water partition coefficient (Wildman–Crippen LogP) is 2.42. The number of imide groups is 1. The van der Waals surface area contributed by atoms with Crippen LogP contribution in [0.15, 0.2) is 66.9 Å². The number of para-hydroxylation sites is 1. The van der Waals surface area contributed by atoms with Crippen LogP contribution in [0, 0.1) is 0 Å². The Bertz CT molecular complexity index is 1030. The number of carbonyl (C=O) groups is 3. The van der Waals surface area contributed by atoms with Gasteiger partial charge >= 0.3 is 0 Å². The summed E-state index contributed by atoms with van der Waals surface area (Å²) in [6.07, 6.45) is 2.18. The van der Waals surface area contributed by atoms with Crippen molar-refractivity contribution < 1.29 is 14.4 Å². The van der Waals surface area contributed by atoms with Crippen molar-refractivity contribution in [3.05, 3.63) is 72.4 Å². The summed E-state index contributed by atoms with van der Waals surface area (Å²) in [6, 6.07) is 19.0. The molecule has 2 aromatic carbocycles. The molecule has 4 rings (SSSR count). The van der Waals surface area contributed by atoms with Gasteiger partial charge in [-0.2, -0.15) is 5.10 Å². The van der Waals surface area contributed by atoms with Crippen LogP contribution in [-0.4, -0.2) is 45.5 Å². The van der Waals surface area contributed by atoms with Crippen molar-refractivity contribution in [3.8, 4) is 16.9 Å². The van der Waals surface area contributed by atoms with E-state index in [1.807, 2.05) is 60.7 Å². The third kappa shape index (κ3) is 3.94. The molecule has 0 atom stereocenters. The molecule has 146 valence electrons. The Balaban J connectivity index is 1.56. The van der Waals surface area contributed by atoms with E-state index in [0.717, 1.165) is 11.3 Å². The van der Waals surface area contributed by atoms with Crippen molar-refractivity contribution in [1.29, 1.82) is 0 Å². The van der Waals surface area contributed by atoms with Gasteiger partial charge in [0.1, 0.15) is 5.69 Å². The summed E-state index contributed by atoms with van der Waals surface area (Å²) in [5.74, 6) is -0.678. The molecule has 3 amide bonds. The van der Waals surface area contributed by atoms with Gasteiger partial charge in [0.05, 0.1) is 11.3 Å². The third-order valence-electron chi connectivity index (χ3n) is 4.80. The molecule has 1 N–H and O–H groups in total. The van der Waals surface area contributed by atoms with Crippen LogP contribution in [0.3, 0.4) is 0 Å². The van der Waals surface area contributed by atoms with Crippen LogP contribution in [0.2, 0.25) is 0 Å². The Kier molecular flexibility index (Phi) is 5.20. The molecule has 1 saturated heterocycles. The Morgan fingerprint density at radius 1 is 0.931 bits per heavy atom. The summed E-state index contributed by atoms with van der Waals surface area (Å²) in [5, 5.41) is 7.42. The average Bonchev–Trinajstić information content (AvgIpc) is 3.34. The highest BCUT2D eigenvalue weighted by Crippen LogP contribution is 2.23. The highest BCUT2D eigenvalue weighted by Gasteiger charge is 2.28. The van der Waals surface area contributed by atoms with Crippen molar-refractivity contribution >= 4 is 17.7 Å². The van der Waals surface area contributed by atoms with Gasteiger partial charge in [-0.1, -0.05) is 48.5 Å². The second-order valence-electron chi connectivity index (χ2n) is 6.73. The Labute approximate surface area is 167 Å². The van der Waals surface area contributed by atoms with Crippen molar-refractivity contribution in [1.82, 2.24) is 20.0 Å². The number of rotatable bonds is 6. The van der Waals surface area contributed by atoms with Gasteiger partial charge < -0.3 is 5.32 Å². The Hall–Kier alpha value is -3.74. The number of nitrogens with zero attached hydrogens (tertiary/aromatic N) is 3. The lowest BCUT2D eigenvalue weighted by atomic mass is 10.1. The molecule has 7 heteroatoms. The van der Waals surface area contributed by atoms with E-state index in [2.05, 4.69) is 10.4 Å². The molecule has 7 nitrogen and oxygen atoms in total. The first-order chi connectivity index (χ1) is 14.1. The van der Waals surface area contributed by atoms with Crippen LogP contribution in [0.25, 0.3) is 16.9 Å². The van der Waals surface area contributed by atoms with E-state index in [1.165, 1.54) is 4.90 Å². The fourth-order valence-electron chi connectivity index (χ4n) is 3.31. The van der Waals surface area contributed by atoms with Crippen molar-refractivity contribution in [2.24, 2.45) is 0 Å². The van der Waals surface area contributed by atoms with Gasteiger partial charge in [0.2, 0.25) is 11.8 Å². The molecule has 1 aliphatic heterocycles. The topological polar surface area (TPSA) is 84.3 Å². The number of nitrogens with one attached hydrogen (secondary N) is 1. The molecule has 2 heterocycles. The minimum atomic E-state index is -0.301. The SMILES string of the molecule is O=C(NCCN1C(=O)CCC1=O)c1cn(-c2ccccc2)nc1-c1ccccc1. The maximum Gasteiger partial charge on any atom is 0.255 e. The number of amides is 3. The lowest BCUT2D eigenvalue weighted by Crippen LogP contribution is -2.37. The normalized spacial score (nSPS) is 13.7. The van der Waals surface area contributed by atoms with Crippen molar-refractivity contribution in [2.45, 2.75) is 12.8 Å². The first kappa shape index (κ1) is 18.6. The lowest BCUT2D eigenvalue weighted by Gasteiger charge is -2.13. The molecular weight excluding hydrogens is 368 g/mol. The molecule has 0 aliphatic carbocycles. The molecule has 0 bridgehead atoms. The van der Waals surface area contributed by atoms with E-state index in [0.29, 0.717) is 11.3 Å². The Morgan fingerprint density at radius 2 is 1.55 bits per heavy atom. The zero-order valence-electron chi connectivity index (χ0n) is 15.7. The van der Waals surface area contributed by atoms with Gasteiger partial charge in [0.15, 0.2) is 0 Å². The molecule has 0 spiro atoms. The van der Waals surface area contributed by atoms with Crippen LogP contribution < -0.4 is 5.32 Å². The molecule has 29 heavy (non-hydrogen) atoms. The van der Waals surface area contributed by atoms with E-state index in [4.69, 9.17) is 0 Å². The van der Waals surface area contributed by atoms with Gasteiger partial charge in [-0.05, 0) is 12.1 Å². The van der Waals surface area contributed by atoms with Gasteiger partial charge in [-0.15, -0.1) is 0 Å². The van der Waals surface area contributed by atoms with Gasteiger partial charge in [-0.3, -0.25) is 19.3 Å². The second kappa shape index (κ2) is 8.10. The van der Waals surface area contributed by atoms with E-state index < -0.39 is 0 Å². The molecule has 3 aromatic rings. The highest BCUT2D eigenvalue weighted by molar-refractivity contribution is 6.02. The molecule has 1 fully saturated rings. The average molecular weight is 388 g/mol. The maximum absolute atomic E-state index is 12.9. The maximum atomic E-state index is 12.9. The number of benzene rings is 2. The molecule has 0 radical (unpaired) electrons. The monoisotopic (exact) mass is 388 g/mol. The number of hydrogen-bond donors (Lipinski definition) is 1.